The molecule has 0 saturated carbocycles. The van der Waals surface area contributed by atoms with E-state index in [2.05, 4.69) is 21.5 Å². The zero-order valence-corrected chi connectivity index (χ0v) is 15.7. The molecule has 6 heteroatoms. The Morgan fingerprint density at radius 2 is 1.93 bits per heavy atom. The average Bonchev–Trinajstić information content (AvgIpc) is 3.34. The minimum absolute atomic E-state index is 0.0371. The minimum atomic E-state index is -0.0371. The fourth-order valence-electron chi connectivity index (χ4n) is 2.91. The number of aryl methyl sites for hydroxylation is 1. The number of nitrogens with one attached hydrogen (secondary N) is 1. The fraction of sp³-hybridized carbons (Fsp3) is 0.190. The number of hydrogen-bond acceptors (Lipinski definition) is 4. The quantitative estimate of drug-likeness (QED) is 0.498. The summed E-state index contributed by atoms with van der Waals surface area (Å²) < 4.78 is 3.07. The lowest BCUT2D eigenvalue weighted by Crippen LogP contribution is -2.24. The summed E-state index contributed by atoms with van der Waals surface area (Å²) in [6.45, 7) is 1.35. The van der Waals surface area contributed by atoms with E-state index < -0.39 is 0 Å². The van der Waals surface area contributed by atoms with Crippen molar-refractivity contribution in [2.24, 2.45) is 0 Å². The Morgan fingerprint density at radius 1 is 1.07 bits per heavy atom. The van der Waals surface area contributed by atoms with Gasteiger partial charge >= 0.3 is 0 Å². The Balaban J connectivity index is 1.25. The van der Waals surface area contributed by atoms with Crippen LogP contribution >= 0.6 is 11.3 Å². The molecular weight excluding hydrogens is 356 g/mol. The van der Waals surface area contributed by atoms with Gasteiger partial charge in [-0.2, -0.15) is 5.10 Å². The molecule has 2 heterocycles. The van der Waals surface area contributed by atoms with Gasteiger partial charge in [-0.05, 0) is 42.3 Å². The third kappa shape index (κ3) is 4.41. The summed E-state index contributed by atoms with van der Waals surface area (Å²) in [5.41, 5.74) is 2.85. The topological polar surface area (TPSA) is 59.8 Å². The first-order valence-corrected chi connectivity index (χ1v) is 9.78. The number of rotatable bonds is 7. The second-order valence-electron chi connectivity index (χ2n) is 6.34. The second kappa shape index (κ2) is 8.14. The lowest BCUT2D eigenvalue weighted by molar-refractivity contribution is 0.0953. The normalized spacial score (nSPS) is 11.0. The Labute approximate surface area is 161 Å². The van der Waals surface area contributed by atoms with E-state index in [9.17, 15) is 4.79 Å². The molecule has 0 unspecified atom stereocenters. The van der Waals surface area contributed by atoms with Crippen molar-refractivity contribution in [3.05, 3.63) is 83.1 Å². The van der Waals surface area contributed by atoms with E-state index in [4.69, 9.17) is 0 Å². The zero-order chi connectivity index (χ0) is 18.5. The number of fused-ring (bicyclic) bond motifs is 1. The highest BCUT2D eigenvalue weighted by Gasteiger charge is 2.06. The van der Waals surface area contributed by atoms with Crippen molar-refractivity contribution in [2.45, 2.75) is 19.4 Å². The molecule has 4 aromatic rings. The lowest BCUT2D eigenvalue weighted by Gasteiger charge is -2.06. The molecule has 136 valence electrons. The standard InChI is InChI=1S/C21H20N4OS/c26-21(17-10-8-16(9-11-17)15-25-14-4-13-23-25)22-12-3-7-20-24-18-5-1-2-6-19(18)27-20/h1-2,4-6,8-11,13-14H,3,7,12,15H2,(H,22,26). The SMILES string of the molecule is O=C(NCCCc1nc2ccccc2s1)c1ccc(Cn2cccn2)cc1. The molecule has 2 aromatic carbocycles. The molecule has 5 nitrogen and oxygen atoms in total. The van der Waals surface area contributed by atoms with Crippen molar-refractivity contribution in [1.29, 1.82) is 0 Å². The van der Waals surface area contributed by atoms with Crippen LogP contribution in [0.2, 0.25) is 0 Å². The number of amides is 1. The molecule has 0 aliphatic rings. The van der Waals surface area contributed by atoms with Crippen LogP contribution in [0.5, 0.6) is 0 Å². The number of carbonyl (C=O) groups is 1. The van der Waals surface area contributed by atoms with E-state index in [1.807, 2.05) is 59.4 Å². The van der Waals surface area contributed by atoms with Gasteiger partial charge in [0.05, 0.1) is 21.8 Å². The monoisotopic (exact) mass is 376 g/mol. The highest BCUT2D eigenvalue weighted by molar-refractivity contribution is 7.18. The van der Waals surface area contributed by atoms with Gasteiger partial charge in [-0.25, -0.2) is 4.98 Å². The summed E-state index contributed by atoms with van der Waals surface area (Å²) in [4.78, 5) is 16.9. The Hall–Kier alpha value is -2.99. The molecule has 27 heavy (non-hydrogen) atoms. The first kappa shape index (κ1) is 17.4. The minimum Gasteiger partial charge on any atom is -0.352 e. The molecule has 1 amide bonds. The molecule has 0 bridgehead atoms. The van der Waals surface area contributed by atoms with Gasteiger partial charge in [0, 0.05) is 30.9 Å². The van der Waals surface area contributed by atoms with E-state index in [1.165, 1.54) is 4.70 Å². The Kier molecular flexibility index (Phi) is 5.25. The predicted molar refractivity (Wildman–Crippen MR) is 108 cm³/mol. The van der Waals surface area contributed by atoms with Crippen molar-refractivity contribution in [3.8, 4) is 0 Å². The first-order valence-electron chi connectivity index (χ1n) is 8.97. The molecule has 0 aliphatic carbocycles. The number of aromatic nitrogens is 3. The third-order valence-electron chi connectivity index (χ3n) is 4.31. The summed E-state index contributed by atoms with van der Waals surface area (Å²) in [7, 11) is 0. The van der Waals surface area contributed by atoms with Crippen molar-refractivity contribution in [2.75, 3.05) is 6.54 Å². The van der Waals surface area contributed by atoms with Crippen LogP contribution < -0.4 is 5.32 Å². The Morgan fingerprint density at radius 3 is 2.70 bits per heavy atom. The van der Waals surface area contributed by atoms with Crippen molar-refractivity contribution < 1.29 is 4.79 Å². The number of benzene rings is 2. The molecule has 4 rings (SSSR count). The van der Waals surface area contributed by atoms with Crippen LogP contribution in [0.1, 0.15) is 27.3 Å². The predicted octanol–water partition coefficient (Wildman–Crippen LogP) is 3.90. The van der Waals surface area contributed by atoms with E-state index in [1.54, 1.807) is 17.5 Å². The smallest absolute Gasteiger partial charge is 0.251 e. The number of carbonyl (C=O) groups excluding carboxylic acids is 1. The van der Waals surface area contributed by atoms with E-state index >= 15 is 0 Å². The summed E-state index contributed by atoms with van der Waals surface area (Å²) in [5, 5.41) is 8.30. The van der Waals surface area contributed by atoms with Crippen LogP contribution in [0, 0.1) is 0 Å². The molecule has 0 aliphatic heterocycles. The van der Waals surface area contributed by atoms with Crippen molar-refractivity contribution in [1.82, 2.24) is 20.1 Å². The molecule has 1 N–H and O–H groups in total. The summed E-state index contributed by atoms with van der Waals surface area (Å²) in [5.74, 6) is -0.0371. The maximum Gasteiger partial charge on any atom is 0.251 e. The van der Waals surface area contributed by atoms with Gasteiger partial charge in [0.2, 0.25) is 0 Å². The molecule has 2 aromatic heterocycles. The fourth-order valence-corrected chi connectivity index (χ4v) is 3.92. The van der Waals surface area contributed by atoms with Crippen molar-refractivity contribution >= 4 is 27.5 Å². The maximum atomic E-state index is 12.3. The number of para-hydroxylation sites is 1. The molecule has 0 spiro atoms. The summed E-state index contributed by atoms with van der Waals surface area (Å²) in [6.07, 6.45) is 5.44. The average molecular weight is 376 g/mol. The molecular formula is C21H20N4OS. The second-order valence-corrected chi connectivity index (χ2v) is 7.45. The van der Waals surface area contributed by atoms with Gasteiger partial charge in [0.15, 0.2) is 0 Å². The summed E-state index contributed by atoms with van der Waals surface area (Å²) in [6, 6.07) is 17.7. The summed E-state index contributed by atoms with van der Waals surface area (Å²) >= 11 is 1.72. The largest absolute Gasteiger partial charge is 0.352 e. The molecule has 0 fully saturated rings. The van der Waals surface area contributed by atoms with Crippen LogP contribution in [0.4, 0.5) is 0 Å². The highest BCUT2D eigenvalue weighted by atomic mass is 32.1. The van der Waals surface area contributed by atoms with E-state index in [-0.39, 0.29) is 5.91 Å². The zero-order valence-electron chi connectivity index (χ0n) is 14.8. The van der Waals surface area contributed by atoms with Gasteiger partial charge < -0.3 is 5.32 Å². The van der Waals surface area contributed by atoms with Gasteiger partial charge in [-0.1, -0.05) is 24.3 Å². The maximum absolute atomic E-state index is 12.3. The highest BCUT2D eigenvalue weighted by Crippen LogP contribution is 2.22. The van der Waals surface area contributed by atoms with Crippen LogP contribution in [-0.4, -0.2) is 27.2 Å². The lowest BCUT2D eigenvalue weighted by atomic mass is 10.1. The molecule has 0 radical (unpaired) electrons. The van der Waals surface area contributed by atoms with Gasteiger partial charge in [0.1, 0.15) is 0 Å². The van der Waals surface area contributed by atoms with Crippen LogP contribution in [-0.2, 0) is 13.0 Å². The molecule has 0 saturated heterocycles. The van der Waals surface area contributed by atoms with Gasteiger partial charge in [0.25, 0.3) is 5.91 Å². The number of thiazole rings is 1. The van der Waals surface area contributed by atoms with Crippen LogP contribution in [0.3, 0.4) is 0 Å². The number of nitrogens with zero attached hydrogens (tertiary/aromatic N) is 3. The molecule has 0 atom stereocenters. The van der Waals surface area contributed by atoms with Crippen molar-refractivity contribution in [3.63, 3.8) is 0 Å². The third-order valence-corrected chi connectivity index (χ3v) is 5.41. The Bertz CT molecular complexity index is 989. The van der Waals surface area contributed by atoms with Gasteiger partial charge in [-0.15, -0.1) is 11.3 Å². The van der Waals surface area contributed by atoms with E-state index in [0.29, 0.717) is 18.7 Å². The number of hydrogen-bond donors (Lipinski definition) is 1. The van der Waals surface area contributed by atoms with Gasteiger partial charge in [-0.3, -0.25) is 9.48 Å². The van der Waals surface area contributed by atoms with Crippen LogP contribution in [0.15, 0.2) is 67.0 Å². The first-order chi connectivity index (χ1) is 13.3. The van der Waals surface area contributed by atoms with E-state index in [0.717, 1.165) is 28.9 Å². The van der Waals surface area contributed by atoms with Crippen LogP contribution in [0.25, 0.3) is 10.2 Å².